The van der Waals surface area contributed by atoms with Crippen LogP contribution in [0.4, 0.5) is 0 Å². The fourth-order valence-electron chi connectivity index (χ4n) is 2.07. The van der Waals surface area contributed by atoms with E-state index in [4.69, 9.17) is 10.00 Å². The number of hydrazine groups is 1. The molecule has 7 nitrogen and oxygen atoms in total. The highest BCUT2D eigenvalue weighted by Gasteiger charge is 2.46. The molecule has 2 saturated heterocycles. The average molecular weight is 238 g/mol. The molecule has 0 aliphatic carbocycles. The summed E-state index contributed by atoms with van der Waals surface area (Å²) in [5.74, 6) is -1.96. The molecule has 2 aliphatic rings. The van der Waals surface area contributed by atoms with Crippen LogP contribution in [0.1, 0.15) is 6.92 Å². The Morgan fingerprint density at radius 1 is 1.65 bits per heavy atom. The van der Waals surface area contributed by atoms with Gasteiger partial charge in [0.25, 0.3) is 5.91 Å². The summed E-state index contributed by atoms with van der Waals surface area (Å²) >= 11 is 0. The molecule has 3 atom stereocenters. The fourth-order valence-corrected chi connectivity index (χ4v) is 2.07. The maximum Gasteiger partial charge on any atom is 0.319 e. The summed E-state index contributed by atoms with van der Waals surface area (Å²) in [5.41, 5.74) is 2.83. The molecule has 2 aliphatic heterocycles. The van der Waals surface area contributed by atoms with E-state index < -0.39 is 11.9 Å². The lowest BCUT2D eigenvalue weighted by Gasteiger charge is -2.34. The number of fused-ring (bicyclic) bond motifs is 1. The first kappa shape index (κ1) is 11.8. The lowest BCUT2D eigenvalue weighted by molar-refractivity contribution is -0.160. The Bertz CT molecular complexity index is 378. The molecule has 7 heteroatoms. The first-order chi connectivity index (χ1) is 8.19. The maximum atomic E-state index is 12.0. The molecule has 92 valence electrons. The largest absolute Gasteiger partial charge is 0.465 e. The van der Waals surface area contributed by atoms with Crippen LogP contribution in [0.5, 0.6) is 0 Å². The fraction of sp³-hybridized carbons (Fsp3) is 0.700. The minimum atomic E-state index is -0.823. The van der Waals surface area contributed by atoms with Gasteiger partial charge in [0.15, 0.2) is 0 Å². The zero-order valence-corrected chi connectivity index (χ0v) is 9.47. The summed E-state index contributed by atoms with van der Waals surface area (Å²) in [6.45, 7) is 2.58. The van der Waals surface area contributed by atoms with E-state index in [9.17, 15) is 9.59 Å². The summed E-state index contributed by atoms with van der Waals surface area (Å²) in [5, 5.41) is 13.2. The second kappa shape index (κ2) is 4.69. The SMILES string of the molecule is CCOC(=O)C1CNC2C(C#N)CNN2C1=O. The number of carbonyl (C=O) groups excluding carboxylic acids is 2. The van der Waals surface area contributed by atoms with Crippen LogP contribution in [0.3, 0.4) is 0 Å². The lowest BCUT2D eigenvalue weighted by Crippen LogP contribution is -2.61. The normalized spacial score (nSPS) is 31.9. The summed E-state index contributed by atoms with van der Waals surface area (Å²) in [6, 6.07) is 2.12. The van der Waals surface area contributed by atoms with Crippen LogP contribution in [0, 0.1) is 23.2 Å². The van der Waals surface area contributed by atoms with Crippen molar-refractivity contribution in [3.8, 4) is 6.07 Å². The minimum absolute atomic E-state index is 0.221. The van der Waals surface area contributed by atoms with Crippen molar-refractivity contribution in [1.82, 2.24) is 15.8 Å². The number of nitrogens with zero attached hydrogens (tertiary/aromatic N) is 2. The highest BCUT2D eigenvalue weighted by atomic mass is 16.5. The Hall–Kier alpha value is -1.65. The molecule has 17 heavy (non-hydrogen) atoms. The zero-order chi connectivity index (χ0) is 12.4. The molecule has 3 unspecified atom stereocenters. The molecule has 1 amide bonds. The number of rotatable bonds is 2. The van der Waals surface area contributed by atoms with Crippen LogP contribution in [-0.2, 0) is 14.3 Å². The monoisotopic (exact) mass is 238 g/mol. The van der Waals surface area contributed by atoms with E-state index in [-0.39, 0.29) is 31.1 Å². The molecule has 2 fully saturated rings. The topological polar surface area (TPSA) is 94.5 Å². The van der Waals surface area contributed by atoms with E-state index in [0.29, 0.717) is 6.54 Å². The number of carbonyl (C=O) groups is 2. The second-order valence-electron chi connectivity index (χ2n) is 3.96. The quantitative estimate of drug-likeness (QED) is 0.453. The third-order valence-electron chi connectivity index (χ3n) is 2.94. The van der Waals surface area contributed by atoms with Gasteiger partial charge in [-0.25, -0.2) is 5.43 Å². The van der Waals surface area contributed by atoms with Crippen LogP contribution in [0.15, 0.2) is 0 Å². The number of amides is 1. The van der Waals surface area contributed by atoms with Gasteiger partial charge < -0.3 is 4.74 Å². The molecule has 0 bridgehead atoms. The number of nitriles is 1. The van der Waals surface area contributed by atoms with Crippen molar-refractivity contribution in [1.29, 1.82) is 5.26 Å². The maximum absolute atomic E-state index is 12.0. The summed E-state index contributed by atoms with van der Waals surface area (Å²) < 4.78 is 4.83. The van der Waals surface area contributed by atoms with Gasteiger partial charge in [0.1, 0.15) is 12.1 Å². The van der Waals surface area contributed by atoms with Gasteiger partial charge in [-0.2, -0.15) is 5.26 Å². The first-order valence-corrected chi connectivity index (χ1v) is 5.55. The predicted octanol–water partition coefficient (Wildman–Crippen LogP) is -1.42. The molecular weight excluding hydrogens is 224 g/mol. The average Bonchev–Trinajstić information content (AvgIpc) is 2.73. The van der Waals surface area contributed by atoms with Crippen molar-refractivity contribution < 1.29 is 14.3 Å². The Labute approximate surface area is 98.7 Å². The van der Waals surface area contributed by atoms with Gasteiger partial charge in [0, 0.05) is 13.1 Å². The Morgan fingerprint density at radius 3 is 3.06 bits per heavy atom. The number of ether oxygens (including phenoxy) is 1. The van der Waals surface area contributed by atoms with Crippen molar-refractivity contribution in [2.24, 2.45) is 11.8 Å². The Morgan fingerprint density at radius 2 is 2.41 bits per heavy atom. The van der Waals surface area contributed by atoms with Gasteiger partial charge in [-0.15, -0.1) is 0 Å². The third-order valence-corrected chi connectivity index (χ3v) is 2.94. The number of hydrogen-bond donors (Lipinski definition) is 2. The van der Waals surface area contributed by atoms with Gasteiger partial charge >= 0.3 is 5.97 Å². The van der Waals surface area contributed by atoms with Crippen molar-refractivity contribution >= 4 is 11.9 Å². The molecule has 2 rings (SSSR count). The number of hydrogen-bond acceptors (Lipinski definition) is 6. The molecule has 0 saturated carbocycles. The lowest BCUT2D eigenvalue weighted by atomic mass is 10.0. The molecule has 0 radical (unpaired) electrons. The van der Waals surface area contributed by atoms with E-state index in [0.717, 1.165) is 0 Å². The summed E-state index contributed by atoms with van der Waals surface area (Å²) in [7, 11) is 0. The molecule has 2 N–H and O–H groups in total. The van der Waals surface area contributed by atoms with Crippen molar-refractivity contribution in [2.45, 2.75) is 13.1 Å². The van der Waals surface area contributed by atoms with Crippen LogP contribution in [0.25, 0.3) is 0 Å². The molecule has 0 spiro atoms. The zero-order valence-electron chi connectivity index (χ0n) is 9.47. The molecular formula is C10H14N4O3. The summed E-state index contributed by atoms with van der Waals surface area (Å²) in [4.78, 5) is 23.5. The van der Waals surface area contributed by atoms with E-state index in [1.165, 1.54) is 5.01 Å². The molecule has 0 aromatic heterocycles. The molecule has 0 aromatic rings. The number of esters is 1. The first-order valence-electron chi connectivity index (χ1n) is 5.55. The standard InChI is InChI=1S/C10H14N4O3/c1-2-17-10(16)7-5-12-8-6(3-11)4-13-14(8)9(7)15/h6-8,12-13H,2,4-5H2,1H3. The van der Waals surface area contributed by atoms with E-state index >= 15 is 0 Å². The summed E-state index contributed by atoms with van der Waals surface area (Å²) in [6.07, 6.45) is -0.349. The third kappa shape index (κ3) is 1.97. The van der Waals surface area contributed by atoms with E-state index in [2.05, 4.69) is 16.8 Å². The van der Waals surface area contributed by atoms with E-state index in [1.54, 1.807) is 6.92 Å². The Kier molecular flexibility index (Phi) is 3.26. The van der Waals surface area contributed by atoms with Crippen molar-refractivity contribution in [2.75, 3.05) is 19.7 Å². The Balaban J connectivity index is 2.07. The van der Waals surface area contributed by atoms with Crippen LogP contribution >= 0.6 is 0 Å². The minimum Gasteiger partial charge on any atom is -0.465 e. The van der Waals surface area contributed by atoms with Gasteiger partial charge in [-0.1, -0.05) is 0 Å². The highest BCUT2D eigenvalue weighted by molar-refractivity contribution is 5.98. The van der Waals surface area contributed by atoms with E-state index in [1.807, 2.05) is 0 Å². The van der Waals surface area contributed by atoms with Crippen LogP contribution in [-0.4, -0.2) is 42.7 Å². The van der Waals surface area contributed by atoms with Gasteiger partial charge in [-0.05, 0) is 6.92 Å². The van der Waals surface area contributed by atoms with Crippen LogP contribution in [0.2, 0.25) is 0 Å². The smallest absolute Gasteiger partial charge is 0.319 e. The molecule has 0 aromatic carbocycles. The second-order valence-corrected chi connectivity index (χ2v) is 3.96. The van der Waals surface area contributed by atoms with Crippen molar-refractivity contribution in [3.63, 3.8) is 0 Å². The van der Waals surface area contributed by atoms with Gasteiger partial charge in [0.05, 0.1) is 18.6 Å². The number of nitrogens with one attached hydrogen (secondary N) is 2. The highest BCUT2D eigenvalue weighted by Crippen LogP contribution is 2.21. The predicted molar refractivity (Wildman–Crippen MR) is 55.9 cm³/mol. The molecule has 2 heterocycles. The van der Waals surface area contributed by atoms with Gasteiger partial charge in [-0.3, -0.25) is 19.9 Å². The van der Waals surface area contributed by atoms with Gasteiger partial charge in [0.2, 0.25) is 0 Å². The van der Waals surface area contributed by atoms with Crippen LogP contribution < -0.4 is 10.7 Å². The van der Waals surface area contributed by atoms with Crippen molar-refractivity contribution in [3.05, 3.63) is 0 Å².